The van der Waals surface area contributed by atoms with Crippen LogP contribution in [0.3, 0.4) is 0 Å². The molecule has 0 aromatic heterocycles. The molecule has 0 amide bonds. The zero-order valence-electron chi connectivity index (χ0n) is 12.2. The summed E-state index contributed by atoms with van der Waals surface area (Å²) in [4.78, 5) is 11.4. The second-order valence-corrected chi connectivity index (χ2v) is 5.62. The lowest BCUT2D eigenvalue weighted by Crippen LogP contribution is -2.15. The first-order valence-corrected chi connectivity index (χ1v) is 7.64. The van der Waals surface area contributed by atoms with Crippen molar-refractivity contribution in [2.75, 3.05) is 6.61 Å². The Labute approximate surface area is 121 Å². The number of para-hydroxylation sites is 1. The first-order valence-electron chi connectivity index (χ1n) is 7.64. The molecule has 0 aliphatic heterocycles. The molecule has 110 valence electrons. The largest absolute Gasteiger partial charge is 0.508 e. The Morgan fingerprint density at radius 1 is 1.25 bits per heavy atom. The van der Waals surface area contributed by atoms with Crippen molar-refractivity contribution in [1.29, 1.82) is 0 Å². The third kappa shape index (κ3) is 3.99. The zero-order chi connectivity index (χ0) is 14.4. The molecule has 1 saturated carbocycles. The Bertz CT molecular complexity index is 434. The van der Waals surface area contributed by atoms with Crippen molar-refractivity contribution >= 4 is 5.97 Å². The summed E-state index contributed by atoms with van der Waals surface area (Å²) in [5, 5.41) is 9.90. The van der Waals surface area contributed by atoms with E-state index in [1.807, 2.05) is 25.1 Å². The lowest BCUT2D eigenvalue weighted by molar-refractivity contribution is -0.143. The molecule has 1 aromatic carbocycles. The average molecular weight is 276 g/mol. The van der Waals surface area contributed by atoms with Gasteiger partial charge in [-0.05, 0) is 62.5 Å². The SMILES string of the molecule is CCOC(=O)CCC1CCC(c2ccccc2O)CC1. The number of aromatic hydroxyl groups is 1. The van der Waals surface area contributed by atoms with Gasteiger partial charge in [-0.3, -0.25) is 4.79 Å². The summed E-state index contributed by atoms with van der Waals surface area (Å²) >= 11 is 0. The summed E-state index contributed by atoms with van der Waals surface area (Å²) in [5.41, 5.74) is 1.08. The number of rotatable bonds is 5. The van der Waals surface area contributed by atoms with Crippen LogP contribution in [0.15, 0.2) is 24.3 Å². The molecule has 3 heteroatoms. The van der Waals surface area contributed by atoms with E-state index in [2.05, 4.69) is 0 Å². The molecule has 0 spiro atoms. The number of phenolic OH excluding ortho intramolecular Hbond substituents is 1. The van der Waals surface area contributed by atoms with E-state index >= 15 is 0 Å². The smallest absolute Gasteiger partial charge is 0.305 e. The Balaban J connectivity index is 1.78. The van der Waals surface area contributed by atoms with Gasteiger partial charge in [0.15, 0.2) is 0 Å². The fraction of sp³-hybridized carbons (Fsp3) is 0.588. The summed E-state index contributed by atoms with van der Waals surface area (Å²) in [7, 11) is 0. The number of ether oxygens (including phenoxy) is 1. The summed E-state index contributed by atoms with van der Waals surface area (Å²) in [6, 6.07) is 7.65. The Kier molecular flexibility index (Phi) is 5.45. The molecule has 2 rings (SSSR count). The predicted molar refractivity (Wildman–Crippen MR) is 78.7 cm³/mol. The van der Waals surface area contributed by atoms with Gasteiger partial charge in [-0.2, -0.15) is 0 Å². The molecule has 1 N–H and O–H groups in total. The van der Waals surface area contributed by atoms with Crippen LogP contribution in [0.4, 0.5) is 0 Å². The maximum absolute atomic E-state index is 11.4. The van der Waals surface area contributed by atoms with Gasteiger partial charge < -0.3 is 9.84 Å². The minimum absolute atomic E-state index is 0.0738. The molecular formula is C17H24O3. The van der Waals surface area contributed by atoms with Crippen molar-refractivity contribution in [2.45, 2.75) is 51.4 Å². The maximum Gasteiger partial charge on any atom is 0.305 e. The van der Waals surface area contributed by atoms with Crippen molar-refractivity contribution in [3.63, 3.8) is 0 Å². The monoisotopic (exact) mass is 276 g/mol. The van der Waals surface area contributed by atoms with E-state index in [0.717, 1.165) is 37.7 Å². The van der Waals surface area contributed by atoms with Crippen molar-refractivity contribution in [3.8, 4) is 5.75 Å². The van der Waals surface area contributed by atoms with E-state index in [0.29, 0.717) is 30.6 Å². The molecule has 1 aliphatic rings. The highest BCUT2D eigenvalue weighted by atomic mass is 16.5. The van der Waals surface area contributed by atoms with Gasteiger partial charge in [-0.15, -0.1) is 0 Å². The topological polar surface area (TPSA) is 46.5 Å². The van der Waals surface area contributed by atoms with Crippen molar-refractivity contribution in [1.82, 2.24) is 0 Å². The first kappa shape index (κ1) is 14.9. The highest BCUT2D eigenvalue weighted by Gasteiger charge is 2.24. The van der Waals surface area contributed by atoms with E-state index < -0.39 is 0 Å². The van der Waals surface area contributed by atoms with Crippen LogP contribution in [-0.2, 0) is 9.53 Å². The molecule has 20 heavy (non-hydrogen) atoms. The quantitative estimate of drug-likeness (QED) is 0.826. The molecule has 0 unspecified atom stereocenters. The molecule has 0 radical (unpaired) electrons. The normalized spacial score (nSPS) is 22.4. The average Bonchev–Trinajstić information content (AvgIpc) is 2.47. The number of benzene rings is 1. The van der Waals surface area contributed by atoms with E-state index in [4.69, 9.17) is 4.74 Å². The van der Waals surface area contributed by atoms with Crippen LogP contribution in [0.1, 0.15) is 56.9 Å². The van der Waals surface area contributed by atoms with Gasteiger partial charge in [0.25, 0.3) is 0 Å². The number of hydrogen-bond acceptors (Lipinski definition) is 3. The zero-order valence-corrected chi connectivity index (χ0v) is 12.2. The van der Waals surface area contributed by atoms with Crippen molar-refractivity contribution in [3.05, 3.63) is 29.8 Å². The Morgan fingerprint density at radius 2 is 1.95 bits per heavy atom. The summed E-state index contributed by atoms with van der Waals surface area (Å²) in [6.45, 7) is 2.31. The van der Waals surface area contributed by atoms with Crippen LogP contribution in [0.5, 0.6) is 5.75 Å². The molecular weight excluding hydrogens is 252 g/mol. The first-order chi connectivity index (χ1) is 9.70. The molecule has 3 nitrogen and oxygen atoms in total. The molecule has 0 saturated heterocycles. The van der Waals surface area contributed by atoms with Crippen LogP contribution in [0.25, 0.3) is 0 Å². The Morgan fingerprint density at radius 3 is 2.60 bits per heavy atom. The summed E-state index contributed by atoms with van der Waals surface area (Å²) in [5.74, 6) is 1.44. The van der Waals surface area contributed by atoms with E-state index in [-0.39, 0.29) is 5.97 Å². The predicted octanol–water partition coefficient (Wildman–Crippen LogP) is 4.01. The molecule has 0 atom stereocenters. The van der Waals surface area contributed by atoms with Crippen LogP contribution >= 0.6 is 0 Å². The van der Waals surface area contributed by atoms with Gasteiger partial charge in [-0.1, -0.05) is 18.2 Å². The second-order valence-electron chi connectivity index (χ2n) is 5.62. The van der Waals surface area contributed by atoms with Crippen molar-refractivity contribution in [2.24, 2.45) is 5.92 Å². The number of esters is 1. The third-order valence-electron chi connectivity index (χ3n) is 4.29. The van der Waals surface area contributed by atoms with Gasteiger partial charge in [0.05, 0.1) is 6.61 Å². The van der Waals surface area contributed by atoms with Gasteiger partial charge in [0.2, 0.25) is 0 Å². The fourth-order valence-electron chi connectivity index (χ4n) is 3.15. The standard InChI is InChI=1S/C17H24O3/c1-2-20-17(19)12-9-13-7-10-14(11-8-13)15-5-3-4-6-16(15)18/h3-6,13-14,18H,2,7-12H2,1H3. The van der Waals surface area contributed by atoms with Gasteiger partial charge >= 0.3 is 5.97 Å². The van der Waals surface area contributed by atoms with Gasteiger partial charge in [0.1, 0.15) is 5.75 Å². The lowest BCUT2D eigenvalue weighted by Gasteiger charge is -2.29. The lowest BCUT2D eigenvalue weighted by atomic mass is 9.77. The van der Waals surface area contributed by atoms with E-state index in [9.17, 15) is 9.90 Å². The van der Waals surface area contributed by atoms with Crippen LogP contribution in [0.2, 0.25) is 0 Å². The number of phenols is 1. The molecule has 0 heterocycles. The minimum Gasteiger partial charge on any atom is -0.508 e. The van der Waals surface area contributed by atoms with E-state index in [1.165, 1.54) is 0 Å². The third-order valence-corrected chi connectivity index (χ3v) is 4.29. The van der Waals surface area contributed by atoms with Crippen LogP contribution in [-0.4, -0.2) is 17.7 Å². The highest BCUT2D eigenvalue weighted by molar-refractivity contribution is 5.69. The fourth-order valence-corrected chi connectivity index (χ4v) is 3.15. The van der Waals surface area contributed by atoms with Crippen molar-refractivity contribution < 1.29 is 14.6 Å². The molecule has 1 aromatic rings. The van der Waals surface area contributed by atoms with Gasteiger partial charge in [0, 0.05) is 6.42 Å². The van der Waals surface area contributed by atoms with Crippen LogP contribution in [0, 0.1) is 5.92 Å². The minimum atomic E-state index is -0.0738. The van der Waals surface area contributed by atoms with E-state index in [1.54, 1.807) is 6.07 Å². The highest BCUT2D eigenvalue weighted by Crippen LogP contribution is 2.40. The van der Waals surface area contributed by atoms with Gasteiger partial charge in [-0.25, -0.2) is 0 Å². The Hall–Kier alpha value is -1.51. The van der Waals surface area contributed by atoms with Crippen LogP contribution < -0.4 is 0 Å². The molecule has 1 aliphatic carbocycles. The second kappa shape index (κ2) is 7.32. The summed E-state index contributed by atoms with van der Waals surface area (Å²) < 4.78 is 4.97. The number of carbonyl (C=O) groups is 1. The molecule has 0 bridgehead atoms. The number of carbonyl (C=O) groups excluding carboxylic acids is 1. The number of hydrogen-bond donors (Lipinski definition) is 1. The molecule has 1 fully saturated rings. The summed E-state index contributed by atoms with van der Waals surface area (Å²) in [6.07, 6.45) is 5.96. The maximum atomic E-state index is 11.4.